The lowest BCUT2D eigenvalue weighted by Crippen LogP contribution is -2.47. The third kappa shape index (κ3) is 3.45. The average molecular weight is 344 g/mol. The number of anilines is 1. The summed E-state index contributed by atoms with van der Waals surface area (Å²) in [6.07, 6.45) is 2.63. The van der Waals surface area contributed by atoms with Crippen molar-refractivity contribution < 1.29 is 9.21 Å². The van der Waals surface area contributed by atoms with Gasteiger partial charge in [-0.05, 0) is 43.4 Å². The predicted octanol–water partition coefficient (Wildman–Crippen LogP) is 2.15. The molecule has 25 heavy (non-hydrogen) atoms. The number of nitrogens with two attached hydrogens (primary N) is 1. The van der Waals surface area contributed by atoms with E-state index < -0.39 is 11.6 Å². The molecule has 2 aromatic heterocycles. The summed E-state index contributed by atoms with van der Waals surface area (Å²) >= 11 is 0. The van der Waals surface area contributed by atoms with Gasteiger partial charge < -0.3 is 15.1 Å². The van der Waals surface area contributed by atoms with Gasteiger partial charge in [0.05, 0.1) is 6.26 Å². The molecule has 2 aromatic rings. The van der Waals surface area contributed by atoms with Crippen molar-refractivity contribution in [1.29, 1.82) is 0 Å². The Balaban J connectivity index is 1.92. The first-order valence-electron chi connectivity index (χ1n) is 8.58. The summed E-state index contributed by atoms with van der Waals surface area (Å²) in [6, 6.07) is 4.22. The zero-order valence-electron chi connectivity index (χ0n) is 14.8. The van der Waals surface area contributed by atoms with E-state index in [1.165, 1.54) is 17.0 Å². The number of piperidine rings is 1. The van der Waals surface area contributed by atoms with Gasteiger partial charge in [0, 0.05) is 13.1 Å². The van der Waals surface area contributed by atoms with Gasteiger partial charge in [-0.1, -0.05) is 13.8 Å². The molecule has 0 unspecified atom stereocenters. The highest BCUT2D eigenvalue weighted by Crippen LogP contribution is 2.24. The van der Waals surface area contributed by atoms with E-state index in [0.717, 1.165) is 6.42 Å². The molecule has 1 aliphatic heterocycles. The summed E-state index contributed by atoms with van der Waals surface area (Å²) in [5.41, 5.74) is 5.86. The normalized spacial score (nSPS) is 22.0. The quantitative estimate of drug-likeness (QED) is 0.920. The van der Waals surface area contributed by atoms with Crippen molar-refractivity contribution in [2.24, 2.45) is 11.8 Å². The fourth-order valence-electron chi connectivity index (χ4n) is 3.55. The third-order valence-corrected chi connectivity index (χ3v) is 4.64. The molecule has 1 amide bonds. The van der Waals surface area contributed by atoms with E-state index in [1.807, 2.05) is 4.90 Å². The van der Waals surface area contributed by atoms with E-state index in [4.69, 9.17) is 10.2 Å². The van der Waals surface area contributed by atoms with Crippen LogP contribution in [0.25, 0.3) is 11.5 Å². The van der Waals surface area contributed by atoms with Crippen LogP contribution in [0.15, 0.2) is 33.7 Å². The van der Waals surface area contributed by atoms with E-state index in [1.54, 1.807) is 19.1 Å². The van der Waals surface area contributed by atoms with E-state index in [-0.39, 0.29) is 11.6 Å². The van der Waals surface area contributed by atoms with Crippen LogP contribution in [0.5, 0.6) is 0 Å². The number of nitrogen functional groups attached to an aromatic ring is 1. The zero-order chi connectivity index (χ0) is 18.1. The van der Waals surface area contributed by atoms with E-state index in [0.29, 0.717) is 36.4 Å². The molecule has 2 N–H and O–H groups in total. The topological polar surface area (TPSA) is 94.4 Å². The number of carbonyl (C=O) groups excluding carboxylic acids is 1. The molecule has 3 atom stereocenters. The number of hydrogen-bond donors (Lipinski definition) is 1. The summed E-state index contributed by atoms with van der Waals surface area (Å²) in [5, 5.41) is 4.31. The standard InChI is InChI=1S/C18H24N4O3/c1-11-7-12(2)10-21(9-11)17(23)13(3)22-18(24)14(19)8-15(20-22)16-5-4-6-25-16/h4-6,8,11-13H,7,9-10,19H2,1-3H3/t11-,12+,13-/m1/s1. The van der Waals surface area contributed by atoms with Gasteiger partial charge in [0.2, 0.25) is 5.91 Å². The Morgan fingerprint density at radius 1 is 1.36 bits per heavy atom. The van der Waals surface area contributed by atoms with E-state index in [9.17, 15) is 9.59 Å². The van der Waals surface area contributed by atoms with E-state index in [2.05, 4.69) is 18.9 Å². The maximum absolute atomic E-state index is 12.9. The maximum Gasteiger partial charge on any atom is 0.290 e. The molecule has 0 spiro atoms. The van der Waals surface area contributed by atoms with Crippen molar-refractivity contribution >= 4 is 11.6 Å². The number of furan rings is 1. The van der Waals surface area contributed by atoms with Gasteiger partial charge in [-0.2, -0.15) is 5.10 Å². The highest BCUT2D eigenvalue weighted by molar-refractivity contribution is 5.80. The molecule has 7 nitrogen and oxygen atoms in total. The Kier molecular flexibility index (Phi) is 4.65. The monoisotopic (exact) mass is 344 g/mol. The zero-order valence-corrected chi connectivity index (χ0v) is 14.8. The Hall–Kier alpha value is -2.57. The van der Waals surface area contributed by atoms with Crippen molar-refractivity contribution in [3.8, 4) is 11.5 Å². The van der Waals surface area contributed by atoms with Crippen LogP contribution in [0.1, 0.15) is 33.2 Å². The number of aromatic nitrogens is 2. The first kappa shape index (κ1) is 17.3. The first-order valence-corrected chi connectivity index (χ1v) is 8.58. The second-order valence-corrected chi connectivity index (χ2v) is 7.08. The Morgan fingerprint density at radius 3 is 2.64 bits per heavy atom. The Labute approximate surface area is 146 Å². The minimum atomic E-state index is -0.720. The first-order chi connectivity index (χ1) is 11.9. The molecule has 1 saturated heterocycles. The molecule has 134 valence electrons. The molecule has 0 aliphatic carbocycles. The van der Waals surface area contributed by atoms with Crippen LogP contribution in [-0.4, -0.2) is 33.7 Å². The number of carbonyl (C=O) groups is 1. The molecule has 3 heterocycles. The molecule has 1 aliphatic rings. The molecular weight excluding hydrogens is 320 g/mol. The fraction of sp³-hybridized carbons (Fsp3) is 0.500. The van der Waals surface area contributed by atoms with Crippen molar-refractivity contribution in [2.45, 2.75) is 33.2 Å². The summed E-state index contributed by atoms with van der Waals surface area (Å²) in [5.74, 6) is 1.29. The number of rotatable bonds is 3. The summed E-state index contributed by atoms with van der Waals surface area (Å²) in [7, 11) is 0. The SMILES string of the molecule is C[C@@H]1C[C@H](C)CN(C(=O)[C@@H](C)n2nc(-c3ccco3)cc(N)c2=O)C1. The average Bonchev–Trinajstić information content (AvgIpc) is 3.09. The van der Waals surface area contributed by atoms with Gasteiger partial charge in [-0.3, -0.25) is 9.59 Å². The van der Waals surface area contributed by atoms with Gasteiger partial charge in [0.1, 0.15) is 17.4 Å². The summed E-state index contributed by atoms with van der Waals surface area (Å²) in [4.78, 5) is 27.2. The van der Waals surface area contributed by atoms with Crippen LogP contribution >= 0.6 is 0 Å². The van der Waals surface area contributed by atoms with Gasteiger partial charge in [-0.15, -0.1) is 0 Å². The minimum absolute atomic E-state index is 0.0430. The van der Waals surface area contributed by atoms with Gasteiger partial charge in [0.25, 0.3) is 5.56 Å². The van der Waals surface area contributed by atoms with E-state index >= 15 is 0 Å². The molecule has 0 aromatic carbocycles. The van der Waals surface area contributed by atoms with Crippen LogP contribution in [-0.2, 0) is 4.79 Å². The van der Waals surface area contributed by atoms with Gasteiger partial charge in [-0.25, -0.2) is 4.68 Å². The summed E-state index contributed by atoms with van der Waals surface area (Å²) in [6.45, 7) is 7.37. The third-order valence-electron chi connectivity index (χ3n) is 4.64. The fourth-order valence-corrected chi connectivity index (χ4v) is 3.55. The number of amides is 1. The van der Waals surface area contributed by atoms with Gasteiger partial charge in [0.15, 0.2) is 5.76 Å². The number of hydrogen-bond acceptors (Lipinski definition) is 5. The van der Waals surface area contributed by atoms with Crippen LogP contribution in [0, 0.1) is 11.8 Å². The van der Waals surface area contributed by atoms with Crippen molar-refractivity contribution in [3.63, 3.8) is 0 Å². The highest BCUT2D eigenvalue weighted by atomic mass is 16.3. The Bertz CT molecular complexity index is 802. The number of likely N-dealkylation sites (tertiary alicyclic amines) is 1. The smallest absolute Gasteiger partial charge is 0.290 e. The summed E-state index contributed by atoms with van der Waals surface area (Å²) < 4.78 is 6.49. The molecule has 3 rings (SSSR count). The predicted molar refractivity (Wildman–Crippen MR) is 94.8 cm³/mol. The lowest BCUT2D eigenvalue weighted by atomic mass is 9.91. The van der Waals surface area contributed by atoms with Crippen LogP contribution in [0.4, 0.5) is 5.69 Å². The largest absolute Gasteiger partial charge is 0.463 e. The van der Waals surface area contributed by atoms with Crippen LogP contribution < -0.4 is 11.3 Å². The molecule has 0 bridgehead atoms. The van der Waals surface area contributed by atoms with Gasteiger partial charge >= 0.3 is 0 Å². The second-order valence-electron chi connectivity index (χ2n) is 7.08. The van der Waals surface area contributed by atoms with Crippen molar-refractivity contribution in [3.05, 3.63) is 34.8 Å². The lowest BCUT2D eigenvalue weighted by Gasteiger charge is -2.36. The Morgan fingerprint density at radius 2 is 2.04 bits per heavy atom. The lowest BCUT2D eigenvalue weighted by molar-refractivity contribution is -0.137. The minimum Gasteiger partial charge on any atom is -0.463 e. The van der Waals surface area contributed by atoms with Crippen molar-refractivity contribution in [1.82, 2.24) is 14.7 Å². The molecule has 1 fully saturated rings. The molecular formula is C18H24N4O3. The maximum atomic E-state index is 12.9. The highest BCUT2D eigenvalue weighted by Gasteiger charge is 2.30. The second kappa shape index (κ2) is 6.74. The number of nitrogens with zero attached hydrogens (tertiary/aromatic N) is 3. The van der Waals surface area contributed by atoms with Crippen LogP contribution in [0.2, 0.25) is 0 Å². The molecule has 0 saturated carbocycles. The molecule has 0 radical (unpaired) electrons. The molecule has 7 heteroatoms. The van der Waals surface area contributed by atoms with Crippen molar-refractivity contribution in [2.75, 3.05) is 18.8 Å². The van der Waals surface area contributed by atoms with Crippen LogP contribution in [0.3, 0.4) is 0 Å².